The van der Waals surface area contributed by atoms with Gasteiger partial charge in [-0.05, 0) is 54.4 Å². The van der Waals surface area contributed by atoms with Crippen LogP contribution >= 0.6 is 12.2 Å². The molecule has 2 aromatic carbocycles. The van der Waals surface area contributed by atoms with Crippen LogP contribution in [0.5, 0.6) is 5.75 Å². The molecule has 28 heavy (non-hydrogen) atoms. The molecule has 0 spiro atoms. The first-order chi connectivity index (χ1) is 13.4. The van der Waals surface area contributed by atoms with Gasteiger partial charge in [-0.15, -0.1) is 0 Å². The van der Waals surface area contributed by atoms with Crippen LogP contribution in [-0.2, 0) is 11.2 Å². The second-order valence-electron chi connectivity index (χ2n) is 6.67. The summed E-state index contributed by atoms with van der Waals surface area (Å²) in [5, 5.41) is 2.54. The van der Waals surface area contributed by atoms with Crippen molar-refractivity contribution in [3.8, 4) is 5.75 Å². The van der Waals surface area contributed by atoms with Gasteiger partial charge in [-0.25, -0.2) is 0 Å². The highest BCUT2D eigenvalue weighted by Crippen LogP contribution is 2.13. The third kappa shape index (κ3) is 7.75. The highest BCUT2D eigenvalue weighted by atomic mass is 32.1. The predicted molar refractivity (Wildman–Crippen MR) is 113 cm³/mol. The van der Waals surface area contributed by atoms with Crippen LogP contribution in [0.15, 0.2) is 54.6 Å². The maximum atomic E-state index is 12.2. The number of hydrogen-bond acceptors (Lipinski definition) is 4. The molecule has 2 rings (SSSR count). The zero-order valence-electron chi connectivity index (χ0n) is 16.0. The summed E-state index contributed by atoms with van der Waals surface area (Å²) in [7, 11) is 0. The first-order valence-electron chi connectivity index (χ1n) is 9.11. The maximum absolute atomic E-state index is 12.2. The fourth-order valence-corrected chi connectivity index (χ4v) is 2.42. The Morgan fingerprint density at radius 3 is 2.32 bits per heavy atom. The highest BCUT2D eigenvalue weighted by molar-refractivity contribution is 7.80. The van der Waals surface area contributed by atoms with E-state index in [1.165, 1.54) is 0 Å². The van der Waals surface area contributed by atoms with Crippen LogP contribution < -0.4 is 20.9 Å². The number of ether oxygens (including phenoxy) is 1. The van der Waals surface area contributed by atoms with Crippen molar-refractivity contribution in [1.29, 1.82) is 0 Å². The van der Waals surface area contributed by atoms with E-state index in [0.29, 0.717) is 23.8 Å². The number of benzene rings is 2. The third-order valence-electron chi connectivity index (χ3n) is 3.83. The van der Waals surface area contributed by atoms with Gasteiger partial charge in [0, 0.05) is 5.56 Å². The van der Waals surface area contributed by atoms with E-state index < -0.39 is 0 Å². The second kappa shape index (κ2) is 11.0. The molecule has 0 unspecified atom stereocenters. The third-order valence-corrected chi connectivity index (χ3v) is 4.03. The van der Waals surface area contributed by atoms with Crippen LogP contribution in [0.1, 0.15) is 36.2 Å². The van der Waals surface area contributed by atoms with Crippen LogP contribution in [0, 0.1) is 5.92 Å². The molecule has 0 saturated heterocycles. The Bertz CT molecular complexity index is 792. The zero-order valence-corrected chi connectivity index (χ0v) is 16.8. The lowest BCUT2D eigenvalue weighted by Gasteiger charge is -2.11. The first-order valence-corrected chi connectivity index (χ1v) is 9.52. The molecule has 0 aliphatic rings. The molecule has 0 aliphatic heterocycles. The Balaban J connectivity index is 1.74. The Labute approximate surface area is 170 Å². The number of carbonyl (C=O) groups excluding carboxylic acids is 2. The summed E-state index contributed by atoms with van der Waals surface area (Å²) in [6.07, 6.45) is 1.18. The minimum absolute atomic E-state index is 0.0173. The van der Waals surface area contributed by atoms with Crippen LogP contribution in [0.2, 0.25) is 0 Å². The summed E-state index contributed by atoms with van der Waals surface area (Å²) in [6.45, 7) is 4.91. The van der Waals surface area contributed by atoms with Crippen LogP contribution in [0.25, 0.3) is 0 Å². The molecule has 7 heteroatoms. The Hall–Kier alpha value is -2.93. The van der Waals surface area contributed by atoms with Crippen molar-refractivity contribution in [3.63, 3.8) is 0 Å². The molecule has 2 aromatic rings. The summed E-state index contributed by atoms with van der Waals surface area (Å²) < 4.78 is 5.63. The highest BCUT2D eigenvalue weighted by Gasteiger charge is 2.09. The normalized spacial score (nSPS) is 10.2. The minimum atomic E-state index is -0.372. The molecule has 6 nitrogen and oxygen atoms in total. The topological polar surface area (TPSA) is 79.5 Å². The van der Waals surface area contributed by atoms with E-state index in [1.807, 2.05) is 30.3 Å². The van der Waals surface area contributed by atoms with Gasteiger partial charge in [0.25, 0.3) is 5.91 Å². The molecule has 0 heterocycles. The van der Waals surface area contributed by atoms with Crippen LogP contribution in [0.4, 0.5) is 0 Å². The lowest BCUT2D eigenvalue weighted by atomic mass is 10.1. The van der Waals surface area contributed by atoms with E-state index >= 15 is 0 Å². The summed E-state index contributed by atoms with van der Waals surface area (Å²) in [4.78, 5) is 24.1. The van der Waals surface area contributed by atoms with Gasteiger partial charge in [-0.2, -0.15) is 0 Å². The largest absolute Gasteiger partial charge is 0.494 e. The molecule has 3 N–H and O–H groups in total. The Morgan fingerprint density at radius 1 is 1.00 bits per heavy atom. The molecular weight excluding hydrogens is 374 g/mol. The van der Waals surface area contributed by atoms with Crippen molar-refractivity contribution in [2.75, 3.05) is 6.61 Å². The molecule has 0 saturated carbocycles. The molecule has 0 atom stereocenters. The number of nitrogens with one attached hydrogen (secondary N) is 3. The summed E-state index contributed by atoms with van der Waals surface area (Å²) in [5.41, 5.74) is 6.32. The Morgan fingerprint density at radius 2 is 1.68 bits per heavy atom. The number of hydrazine groups is 1. The van der Waals surface area contributed by atoms with Crippen molar-refractivity contribution < 1.29 is 14.3 Å². The predicted octanol–water partition coefficient (Wildman–Crippen LogP) is 2.99. The van der Waals surface area contributed by atoms with Crippen LogP contribution in [0.3, 0.4) is 0 Å². The summed E-state index contributed by atoms with van der Waals surface area (Å²) in [6, 6.07) is 16.1. The van der Waals surface area contributed by atoms with Crippen molar-refractivity contribution >= 4 is 29.1 Å². The molecule has 0 fully saturated rings. The van der Waals surface area contributed by atoms with Gasteiger partial charge in [0.05, 0.1) is 13.0 Å². The maximum Gasteiger partial charge on any atom is 0.257 e. The number of rotatable bonds is 7. The lowest BCUT2D eigenvalue weighted by Crippen LogP contribution is -2.48. The molecular formula is C21H25N3O3S. The van der Waals surface area contributed by atoms with E-state index in [2.05, 4.69) is 30.0 Å². The van der Waals surface area contributed by atoms with Gasteiger partial charge in [0.2, 0.25) is 5.91 Å². The molecule has 0 aromatic heterocycles. The van der Waals surface area contributed by atoms with Crippen molar-refractivity contribution in [1.82, 2.24) is 16.2 Å². The second-order valence-corrected chi connectivity index (χ2v) is 7.08. The molecule has 0 radical (unpaired) electrons. The van der Waals surface area contributed by atoms with Crippen molar-refractivity contribution in [2.24, 2.45) is 5.92 Å². The number of amides is 2. The van der Waals surface area contributed by atoms with E-state index in [0.717, 1.165) is 12.0 Å². The molecule has 2 amide bonds. The number of thiocarbonyl (C=S) groups is 1. The van der Waals surface area contributed by atoms with Gasteiger partial charge in [-0.1, -0.05) is 44.2 Å². The van der Waals surface area contributed by atoms with Gasteiger partial charge in [-0.3, -0.25) is 25.8 Å². The van der Waals surface area contributed by atoms with Gasteiger partial charge in [0.15, 0.2) is 5.11 Å². The van der Waals surface area contributed by atoms with E-state index in [9.17, 15) is 9.59 Å². The van der Waals surface area contributed by atoms with E-state index in [4.69, 9.17) is 17.0 Å². The number of hydrogen-bond donors (Lipinski definition) is 3. The summed E-state index contributed by atoms with van der Waals surface area (Å²) in [5.74, 6) is 0.659. The standard InChI is InChI=1S/C21H25N3O3S/c1-15(2)12-13-27-18-10-8-17(9-11-18)20(26)22-21(28)24-23-19(25)14-16-6-4-3-5-7-16/h3-11,15H,12-14H2,1-2H3,(H,23,25)(H2,22,24,26,28). The summed E-state index contributed by atoms with van der Waals surface area (Å²) >= 11 is 5.04. The lowest BCUT2D eigenvalue weighted by molar-refractivity contribution is -0.121. The van der Waals surface area contributed by atoms with Gasteiger partial charge >= 0.3 is 0 Å². The molecule has 0 bridgehead atoms. The molecule has 148 valence electrons. The average molecular weight is 400 g/mol. The average Bonchev–Trinajstić information content (AvgIpc) is 2.67. The molecule has 0 aliphatic carbocycles. The van der Waals surface area contributed by atoms with Gasteiger partial charge < -0.3 is 4.74 Å². The quantitative estimate of drug-likeness (QED) is 0.493. The first kappa shape index (κ1) is 21.4. The van der Waals surface area contributed by atoms with E-state index in [1.54, 1.807) is 24.3 Å². The Kier molecular flexibility index (Phi) is 8.42. The monoisotopic (exact) mass is 399 g/mol. The smallest absolute Gasteiger partial charge is 0.257 e. The zero-order chi connectivity index (χ0) is 20.4. The van der Waals surface area contributed by atoms with E-state index in [-0.39, 0.29) is 23.3 Å². The number of carbonyl (C=O) groups is 2. The fourth-order valence-electron chi connectivity index (χ4n) is 2.27. The van der Waals surface area contributed by atoms with Crippen LogP contribution in [-0.4, -0.2) is 23.5 Å². The van der Waals surface area contributed by atoms with Gasteiger partial charge in [0.1, 0.15) is 5.75 Å². The van der Waals surface area contributed by atoms with Crippen molar-refractivity contribution in [2.45, 2.75) is 26.7 Å². The SMILES string of the molecule is CC(C)CCOc1ccc(C(=O)NC(=S)NNC(=O)Cc2ccccc2)cc1. The fraction of sp³-hybridized carbons (Fsp3) is 0.286. The minimum Gasteiger partial charge on any atom is -0.494 e. The van der Waals surface area contributed by atoms with Crippen molar-refractivity contribution in [3.05, 3.63) is 65.7 Å².